The van der Waals surface area contributed by atoms with Crippen molar-refractivity contribution in [2.75, 3.05) is 23.0 Å². The number of para-hydroxylation sites is 1. The molecule has 0 saturated heterocycles. The van der Waals surface area contributed by atoms with Gasteiger partial charge in [0.05, 0.1) is 16.1 Å². The Morgan fingerprint density at radius 2 is 1.83 bits per heavy atom. The number of fused-ring (bicyclic) bond motifs is 2. The van der Waals surface area contributed by atoms with Gasteiger partial charge in [-0.1, -0.05) is 24.3 Å². The molecule has 2 aliphatic rings. The second-order valence-corrected chi connectivity index (χ2v) is 10.0. The molecule has 5 rings (SSSR count). The van der Waals surface area contributed by atoms with E-state index in [1.807, 2.05) is 19.1 Å². The van der Waals surface area contributed by atoms with Gasteiger partial charge in [-0.25, -0.2) is 13.2 Å². The molecule has 0 radical (unpaired) electrons. The first-order valence-electron chi connectivity index (χ1n) is 10.9. The lowest BCUT2D eigenvalue weighted by atomic mass is 10.1. The Morgan fingerprint density at radius 1 is 1.03 bits per heavy atom. The Morgan fingerprint density at radius 3 is 2.69 bits per heavy atom. The highest BCUT2D eigenvalue weighted by atomic mass is 32.2. The second-order valence-electron chi connectivity index (χ2n) is 8.20. The van der Waals surface area contributed by atoms with Crippen LogP contribution in [-0.4, -0.2) is 39.7 Å². The molecule has 0 spiro atoms. The van der Waals surface area contributed by atoms with Crippen LogP contribution in [0, 0.1) is 0 Å². The van der Waals surface area contributed by atoms with Gasteiger partial charge in [-0.2, -0.15) is 0 Å². The lowest BCUT2D eigenvalue weighted by Crippen LogP contribution is -2.35. The minimum atomic E-state index is -3.91. The number of nitrogens with one attached hydrogen (secondary N) is 1. The van der Waals surface area contributed by atoms with Gasteiger partial charge in [-0.05, 0) is 55.3 Å². The number of ether oxygens (including phenoxy) is 3. The third-order valence-electron chi connectivity index (χ3n) is 5.76. The zero-order valence-electron chi connectivity index (χ0n) is 18.8. The van der Waals surface area contributed by atoms with Crippen molar-refractivity contribution in [3.8, 4) is 11.5 Å². The number of esters is 1. The normalized spacial score (nSPS) is 16.0. The molecule has 35 heavy (non-hydrogen) atoms. The summed E-state index contributed by atoms with van der Waals surface area (Å²) < 4.78 is 43.8. The molecule has 0 aromatic heterocycles. The van der Waals surface area contributed by atoms with Crippen LogP contribution >= 0.6 is 0 Å². The summed E-state index contributed by atoms with van der Waals surface area (Å²) in [4.78, 5) is 24.8. The maximum Gasteiger partial charge on any atom is 0.338 e. The van der Waals surface area contributed by atoms with Gasteiger partial charge in [0.2, 0.25) is 6.79 Å². The molecule has 3 aromatic carbocycles. The summed E-state index contributed by atoms with van der Waals surface area (Å²) in [6, 6.07) is 17.6. The molecule has 0 saturated carbocycles. The van der Waals surface area contributed by atoms with E-state index in [1.54, 1.807) is 30.3 Å². The van der Waals surface area contributed by atoms with Crippen LogP contribution in [0.25, 0.3) is 0 Å². The number of hydrogen-bond acceptors (Lipinski definition) is 7. The van der Waals surface area contributed by atoms with Crippen LogP contribution in [0.2, 0.25) is 0 Å². The van der Waals surface area contributed by atoms with Crippen LogP contribution in [0.3, 0.4) is 0 Å². The van der Waals surface area contributed by atoms with E-state index in [0.29, 0.717) is 29.3 Å². The zero-order valence-corrected chi connectivity index (χ0v) is 19.6. The molecule has 0 bridgehead atoms. The molecular weight excluding hydrogens is 472 g/mol. The van der Waals surface area contributed by atoms with Gasteiger partial charge in [-0.3, -0.25) is 9.10 Å². The molecule has 2 heterocycles. The molecule has 3 aromatic rings. The molecule has 1 amide bonds. The molecule has 10 heteroatoms. The van der Waals surface area contributed by atoms with Crippen LogP contribution in [0.5, 0.6) is 11.5 Å². The summed E-state index contributed by atoms with van der Waals surface area (Å²) in [5, 5.41) is 2.61. The maximum absolute atomic E-state index is 13.4. The third-order valence-corrected chi connectivity index (χ3v) is 7.69. The molecular formula is C25H22N2O7S. The van der Waals surface area contributed by atoms with Crippen LogP contribution < -0.4 is 19.1 Å². The monoisotopic (exact) mass is 494 g/mol. The highest BCUT2D eigenvalue weighted by Crippen LogP contribution is 2.37. The molecule has 9 nitrogen and oxygen atoms in total. The van der Waals surface area contributed by atoms with Gasteiger partial charge in [0, 0.05) is 17.8 Å². The van der Waals surface area contributed by atoms with Crippen molar-refractivity contribution in [1.82, 2.24) is 0 Å². The predicted octanol–water partition coefficient (Wildman–Crippen LogP) is 3.35. The molecule has 1 unspecified atom stereocenters. The fourth-order valence-electron chi connectivity index (χ4n) is 4.19. The number of amides is 1. The summed E-state index contributed by atoms with van der Waals surface area (Å²) >= 11 is 0. The molecule has 2 aliphatic heterocycles. The van der Waals surface area contributed by atoms with E-state index in [9.17, 15) is 18.0 Å². The summed E-state index contributed by atoms with van der Waals surface area (Å²) in [5.74, 6) is -0.273. The van der Waals surface area contributed by atoms with E-state index in [1.165, 1.54) is 28.6 Å². The number of nitrogens with zero attached hydrogens (tertiary/aromatic N) is 1. The molecule has 1 N–H and O–H groups in total. The summed E-state index contributed by atoms with van der Waals surface area (Å²) in [6.07, 6.45) is 0.607. The van der Waals surface area contributed by atoms with Gasteiger partial charge in [-0.15, -0.1) is 0 Å². The lowest BCUT2D eigenvalue weighted by Gasteiger charge is -2.24. The summed E-state index contributed by atoms with van der Waals surface area (Å²) in [5.41, 5.74) is 2.08. The standard InChI is InChI=1S/C25H22N2O7S/c1-16-11-17-5-2-3-8-21(17)27(16)35(30,31)20-7-4-6-18(12-20)25(29)32-14-24(28)26-19-9-10-22-23(13-19)34-15-33-22/h2-10,12-13,16H,11,14-15H2,1H3,(H,26,28). The average Bonchev–Trinajstić information content (AvgIpc) is 3.45. The molecule has 0 aliphatic carbocycles. The minimum Gasteiger partial charge on any atom is -0.454 e. The Bertz CT molecular complexity index is 1420. The van der Waals surface area contributed by atoms with E-state index in [-0.39, 0.29) is 23.3 Å². The molecule has 180 valence electrons. The number of rotatable bonds is 6. The SMILES string of the molecule is CC1Cc2ccccc2N1S(=O)(=O)c1cccc(C(=O)OCC(=O)Nc2ccc3c(c2)OCO3)c1. The topological polar surface area (TPSA) is 111 Å². The van der Waals surface area contributed by atoms with Crippen molar-refractivity contribution in [1.29, 1.82) is 0 Å². The fraction of sp³-hybridized carbons (Fsp3) is 0.200. The first kappa shape index (κ1) is 22.7. The number of carbonyl (C=O) groups is 2. The average molecular weight is 495 g/mol. The van der Waals surface area contributed by atoms with Gasteiger partial charge in [0.15, 0.2) is 18.1 Å². The second kappa shape index (κ2) is 8.95. The fourth-order valence-corrected chi connectivity index (χ4v) is 5.93. The quantitative estimate of drug-likeness (QED) is 0.523. The zero-order chi connectivity index (χ0) is 24.6. The van der Waals surface area contributed by atoms with Gasteiger partial charge in [0.25, 0.3) is 15.9 Å². The van der Waals surface area contributed by atoms with Crippen LogP contribution in [-0.2, 0) is 26.0 Å². The maximum atomic E-state index is 13.4. The van der Waals surface area contributed by atoms with Crippen LogP contribution in [0.4, 0.5) is 11.4 Å². The predicted molar refractivity (Wildman–Crippen MR) is 127 cm³/mol. The number of carbonyl (C=O) groups excluding carboxylic acids is 2. The van der Waals surface area contributed by atoms with Crippen LogP contribution in [0.15, 0.2) is 71.6 Å². The smallest absolute Gasteiger partial charge is 0.338 e. The van der Waals surface area contributed by atoms with E-state index < -0.39 is 28.5 Å². The largest absolute Gasteiger partial charge is 0.454 e. The number of anilines is 2. The van der Waals surface area contributed by atoms with Crippen molar-refractivity contribution >= 4 is 33.3 Å². The minimum absolute atomic E-state index is 0.0275. The van der Waals surface area contributed by atoms with E-state index in [4.69, 9.17) is 14.2 Å². The highest BCUT2D eigenvalue weighted by molar-refractivity contribution is 7.92. The highest BCUT2D eigenvalue weighted by Gasteiger charge is 2.36. The van der Waals surface area contributed by atoms with E-state index >= 15 is 0 Å². The van der Waals surface area contributed by atoms with E-state index in [0.717, 1.165) is 5.56 Å². The third kappa shape index (κ3) is 4.40. The van der Waals surface area contributed by atoms with Crippen molar-refractivity contribution in [3.63, 3.8) is 0 Å². The van der Waals surface area contributed by atoms with E-state index in [2.05, 4.69) is 5.32 Å². The molecule has 1 atom stereocenters. The number of sulfonamides is 1. The first-order valence-corrected chi connectivity index (χ1v) is 12.4. The Labute approximate surface area is 202 Å². The first-order chi connectivity index (χ1) is 16.8. The lowest BCUT2D eigenvalue weighted by molar-refractivity contribution is -0.119. The van der Waals surface area contributed by atoms with Crippen molar-refractivity contribution in [3.05, 3.63) is 77.9 Å². The van der Waals surface area contributed by atoms with Crippen molar-refractivity contribution in [2.45, 2.75) is 24.3 Å². The Balaban J connectivity index is 1.26. The summed E-state index contributed by atoms with van der Waals surface area (Å²) in [6.45, 7) is 1.41. The van der Waals surface area contributed by atoms with Gasteiger partial charge in [0.1, 0.15) is 0 Å². The van der Waals surface area contributed by atoms with Gasteiger partial charge >= 0.3 is 5.97 Å². The van der Waals surface area contributed by atoms with Crippen LogP contribution in [0.1, 0.15) is 22.8 Å². The van der Waals surface area contributed by atoms with Gasteiger partial charge < -0.3 is 19.5 Å². The van der Waals surface area contributed by atoms with Crippen molar-refractivity contribution in [2.24, 2.45) is 0 Å². The Hall–Kier alpha value is -4.05. The number of hydrogen-bond donors (Lipinski definition) is 1. The van der Waals surface area contributed by atoms with Crippen molar-refractivity contribution < 1.29 is 32.2 Å². The number of benzene rings is 3. The Kier molecular flexibility index (Phi) is 5.81. The molecule has 0 fully saturated rings. The summed E-state index contributed by atoms with van der Waals surface area (Å²) in [7, 11) is -3.91.